The van der Waals surface area contributed by atoms with Crippen molar-refractivity contribution in [1.82, 2.24) is 25.9 Å². The minimum absolute atomic E-state index is 0.0392. The van der Waals surface area contributed by atoms with Gasteiger partial charge in [-0.3, -0.25) is 19.2 Å². The van der Waals surface area contributed by atoms with Crippen LogP contribution in [0, 0.1) is 17.1 Å². The summed E-state index contributed by atoms with van der Waals surface area (Å²) in [5, 5.41) is 15.0. The van der Waals surface area contributed by atoms with Gasteiger partial charge in [0, 0.05) is 31.5 Å². The standard InChI is InChI=1S/C23H29FN6O4/c1-14(2)21(32)30-20(9-17-12-26-13-28-17)23(34)29-19(8-7-18(31)10-25)22(33)27-11-15-3-5-16(24)6-4-15/h3-6,10,12-14,19-20,25H,7-9,11H2,1-2H3,(H,26,28)(H,27,33)(H,29,34)(H,30,32)/t19-,20-/m0/s1. The fourth-order valence-electron chi connectivity index (χ4n) is 2.97. The molecule has 1 aromatic heterocycles. The summed E-state index contributed by atoms with van der Waals surface area (Å²) in [4.78, 5) is 56.6. The van der Waals surface area contributed by atoms with Crippen molar-refractivity contribution in [1.29, 1.82) is 5.41 Å². The Bertz CT molecular complexity index is 991. The molecule has 0 aliphatic heterocycles. The molecule has 10 nitrogen and oxygen atoms in total. The topological polar surface area (TPSA) is 157 Å². The number of nitrogens with one attached hydrogen (secondary N) is 5. The number of nitrogens with zero attached hydrogens (tertiary/aromatic N) is 1. The second-order valence-electron chi connectivity index (χ2n) is 8.04. The largest absolute Gasteiger partial charge is 0.351 e. The van der Waals surface area contributed by atoms with Gasteiger partial charge in [-0.1, -0.05) is 26.0 Å². The summed E-state index contributed by atoms with van der Waals surface area (Å²) in [6.45, 7) is 3.46. The van der Waals surface area contributed by atoms with E-state index >= 15 is 0 Å². The van der Waals surface area contributed by atoms with Crippen LogP contribution in [0.15, 0.2) is 36.8 Å². The highest BCUT2D eigenvalue weighted by atomic mass is 19.1. The van der Waals surface area contributed by atoms with E-state index in [9.17, 15) is 23.6 Å². The summed E-state index contributed by atoms with van der Waals surface area (Å²) in [7, 11) is 0. The first kappa shape index (κ1) is 26.4. The lowest BCUT2D eigenvalue weighted by molar-refractivity contribution is -0.133. The molecular weight excluding hydrogens is 443 g/mol. The second kappa shape index (κ2) is 13.0. The number of hydrogen-bond donors (Lipinski definition) is 5. The third kappa shape index (κ3) is 8.57. The highest BCUT2D eigenvalue weighted by molar-refractivity contribution is 6.26. The fourth-order valence-corrected chi connectivity index (χ4v) is 2.97. The number of aromatic amines is 1. The molecule has 0 aliphatic carbocycles. The van der Waals surface area contributed by atoms with E-state index in [1.807, 2.05) is 0 Å². The van der Waals surface area contributed by atoms with Gasteiger partial charge >= 0.3 is 0 Å². The first-order chi connectivity index (χ1) is 16.2. The zero-order valence-electron chi connectivity index (χ0n) is 19.1. The molecule has 2 aromatic rings. The molecule has 2 atom stereocenters. The number of amides is 3. The van der Waals surface area contributed by atoms with Gasteiger partial charge in [0.2, 0.25) is 17.7 Å². The molecule has 0 bridgehead atoms. The van der Waals surface area contributed by atoms with Crippen molar-refractivity contribution in [3.05, 3.63) is 53.9 Å². The molecule has 1 aromatic carbocycles. The van der Waals surface area contributed by atoms with Gasteiger partial charge in [0.15, 0.2) is 5.78 Å². The molecule has 5 N–H and O–H groups in total. The monoisotopic (exact) mass is 472 g/mol. The lowest BCUT2D eigenvalue weighted by Crippen LogP contribution is -2.55. The maximum absolute atomic E-state index is 13.1. The number of ketones is 1. The van der Waals surface area contributed by atoms with Crippen molar-refractivity contribution in [2.75, 3.05) is 0 Å². The van der Waals surface area contributed by atoms with Gasteiger partial charge in [0.1, 0.15) is 17.9 Å². The van der Waals surface area contributed by atoms with Gasteiger partial charge in [0.25, 0.3) is 0 Å². The van der Waals surface area contributed by atoms with Gasteiger partial charge < -0.3 is 26.3 Å². The predicted molar refractivity (Wildman–Crippen MR) is 122 cm³/mol. The smallest absolute Gasteiger partial charge is 0.243 e. The Morgan fingerprint density at radius 3 is 2.32 bits per heavy atom. The quantitative estimate of drug-likeness (QED) is 0.275. The summed E-state index contributed by atoms with van der Waals surface area (Å²) in [5.74, 6) is -2.77. The second-order valence-corrected chi connectivity index (χ2v) is 8.04. The van der Waals surface area contributed by atoms with Gasteiger partial charge in [-0.2, -0.15) is 0 Å². The molecule has 0 spiro atoms. The number of rotatable bonds is 13. The normalized spacial score (nSPS) is 12.5. The van der Waals surface area contributed by atoms with Crippen LogP contribution in [0.5, 0.6) is 0 Å². The first-order valence-electron chi connectivity index (χ1n) is 10.8. The molecule has 3 amide bonds. The Balaban J connectivity index is 2.12. The molecule has 0 fully saturated rings. The lowest BCUT2D eigenvalue weighted by atomic mass is 10.1. The highest BCUT2D eigenvalue weighted by Gasteiger charge is 2.28. The summed E-state index contributed by atoms with van der Waals surface area (Å²) in [5.41, 5.74) is 1.19. The van der Waals surface area contributed by atoms with Crippen LogP contribution < -0.4 is 16.0 Å². The maximum Gasteiger partial charge on any atom is 0.243 e. The average molecular weight is 473 g/mol. The van der Waals surface area contributed by atoms with Crippen molar-refractivity contribution < 1.29 is 23.6 Å². The Morgan fingerprint density at radius 2 is 1.74 bits per heavy atom. The number of carbonyl (C=O) groups excluding carboxylic acids is 4. The fraction of sp³-hybridized carbons (Fsp3) is 0.391. The van der Waals surface area contributed by atoms with E-state index in [2.05, 4.69) is 25.9 Å². The van der Waals surface area contributed by atoms with Crippen LogP contribution in [-0.2, 0) is 32.1 Å². The van der Waals surface area contributed by atoms with Gasteiger partial charge in [-0.05, 0) is 24.1 Å². The third-order valence-electron chi connectivity index (χ3n) is 4.98. The number of imidazole rings is 1. The maximum atomic E-state index is 13.1. The summed E-state index contributed by atoms with van der Waals surface area (Å²) in [6, 6.07) is 3.48. The van der Waals surface area contributed by atoms with Gasteiger partial charge in [-0.15, -0.1) is 0 Å². The van der Waals surface area contributed by atoms with E-state index < -0.39 is 35.5 Å². The Labute approximate surface area is 196 Å². The van der Waals surface area contributed by atoms with Crippen molar-refractivity contribution in [3.8, 4) is 0 Å². The SMILES string of the molecule is CC(C)C(=O)N[C@@H](Cc1c[nH]cn1)C(=O)N[C@@H](CCC(=O)C=N)C(=O)NCc1ccc(F)cc1. The minimum Gasteiger partial charge on any atom is -0.351 e. The van der Waals surface area contributed by atoms with Crippen LogP contribution in [0.2, 0.25) is 0 Å². The number of Topliss-reactive ketones (excluding diaryl/α,β-unsaturated/α-hetero) is 1. The average Bonchev–Trinajstić information content (AvgIpc) is 3.33. The Kier molecular flexibility index (Phi) is 10.1. The van der Waals surface area contributed by atoms with Crippen molar-refractivity contribution in [3.63, 3.8) is 0 Å². The first-order valence-corrected chi connectivity index (χ1v) is 10.8. The molecule has 0 saturated heterocycles. The summed E-state index contributed by atoms with van der Waals surface area (Å²) >= 11 is 0. The molecule has 1 heterocycles. The van der Waals surface area contributed by atoms with Gasteiger partial charge in [-0.25, -0.2) is 9.37 Å². The van der Waals surface area contributed by atoms with E-state index in [0.717, 1.165) is 0 Å². The number of benzene rings is 1. The van der Waals surface area contributed by atoms with Crippen LogP contribution in [0.25, 0.3) is 0 Å². The van der Waals surface area contributed by atoms with Gasteiger partial charge in [0.05, 0.1) is 18.2 Å². The number of hydrogen-bond acceptors (Lipinski definition) is 6. The molecule has 182 valence electrons. The zero-order valence-corrected chi connectivity index (χ0v) is 19.1. The van der Waals surface area contributed by atoms with Crippen LogP contribution >= 0.6 is 0 Å². The Hall–Kier alpha value is -3.89. The van der Waals surface area contributed by atoms with Crippen LogP contribution in [0.3, 0.4) is 0 Å². The molecule has 0 aliphatic rings. The molecular formula is C23H29FN6O4. The number of halogens is 1. The van der Waals surface area contributed by atoms with Crippen molar-refractivity contribution in [2.45, 2.75) is 51.7 Å². The molecule has 11 heteroatoms. The van der Waals surface area contributed by atoms with Crippen molar-refractivity contribution in [2.24, 2.45) is 5.92 Å². The van der Waals surface area contributed by atoms with E-state index in [1.165, 1.54) is 30.6 Å². The summed E-state index contributed by atoms with van der Waals surface area (Å²) in [6.07, 6.45) is 3.62. The van der Waals surface area contributed by atoms with Crippen LogP contribution in [-0.4, -0.2) is 51.8 Å². The van der Waals surface area contributed by atoms with E-state index in [1.54, 1.807) is 20.0 Å². The molecule has 0 radical (unpaired) electrons. The zero-order chi connectivity index (χ0) is 25.1. The van der Waals surface area contributed by atoms with Crippen LogP contribution in [0.1, 0.15) is 37.9 Å². The van der Waals surface area contributed by atoms with E-state index in [0.29, 0.717) is 17.5 Å². The highest BCUT2D eigenvalue weighted by Crippen LogP contribution is 2.06. The van der Waals surface area contributed by atoms with Crippen molar-refractivity contribution >= 4 is 29.7 Å². The molecule has 0 saturated carbocycles. The molecule has 34 heavy (non-hydrogen) atoms. The third-order valence-corrected chi connectivity index (χ3v) is 4.98. The number of aromatic nitrogens is 2. The van der Waals surface area contributed by atoms with E-state index in [4.69, 9.17) is 5.41 Å². The Morgan fingerprint density at radius 1 is 1.06 bits per heavy atom. The predicted octanol–water partition coefficient (Wildman–Crippen LogP) is 1.03. The van der Waals surface area contributed by atoms with Crippen LogP contribution in [0.4, 0.5) is 4.39 Å². The minimum atomic E-state index is -1.09. The molecule has 0 unspecified atom stereocenters. The lowest BCUT2D eigenvalue weighted by Gasteiger charge is -2.23. The summed E-state index contributed by atoms with van der Waals surface area (Å²) < 4.78 is 13.1. The van der Waals surface area contributed by atoms with E-state index in [-0.39, 0.29) is 37.6 Å². The molecule has 2 rings (SSSR count). The number of H-pyrrole nitrogens is 1. The number of carbonyl (C=O) groups is 4.